The largest absolute Gasteiger partial charge is 0.497 e. The summed E-state index contributed by atoms with van der Waals surface area (Å²) in [4.78, 5) is 12.8. The lowest BCUT2D eigenvalue weighted by Crippen LogP contribution is -2.20. The van der Waals surface area contributed by atoms with Gasteiger partial charge in [0.1, 0.15) is 5.75 Å². The van der Waals surface area contributed by atoms with Crippen molar-refractivity contribution in [1.82, 2.24) is 19.2 Å². The smallest absolute Gasteiger partial charge is 0.300 e. The number of ether oxygens (including phenoxy) is 1. The number of benzene rings is 2. The second-order valence-corrected chi connectivity index (χ2v) is 7.06. The zero-order valence-electron chi connectivity index (χ0n) is 15.0. The number of methoxy groups -OCH3 is 1. The average Bonchev–Trinajstić information content (AvgIpc) is 3.12. The van der Waals surface area contributed by atoms with E-state index in [4.69, 9.17) is 4.74 Å². The van der Waals surface area contributed by atoms with E-state index in [1.54, 1.807) is 34.0 Å². The fourth-order valence-corrected chi connectivity index (χ4v) is 3.62. The molecule has 2 aromatic carbocycles. The standard InChI is InChI=1S/C20H18N4O2S/c1-14-3-5-15(6-4-14)13-27-20-22-21-18-19(25)23(11-12-24(18)20)16-7-9-17(26-2)10-8-16/h3-12H,13H2,1-2H3. The van der Waals surface area contributed by atoms with Gasteiger partial charge in [0.15, 0.2) is 5.16 Å². The lowest BCUT2D eigenvalue weighted by atomic mass is 10.2. The number of nitrogens with zero attached hydrogens (tertiary/aromatic N) is 4. The number of thioether (sulfide) groups is 1. The summed E-state index contributed by atoms with van der Waals surface area (Å²) in [5.74, 6) is 1.51. The number of aryl methyl sites for hydroxylation is 1. The highest BCUT2D eigenvalue weighted by atomic mass is 32.2. The van der Waals surface area contributed by atoms with Gasteiger partial charge in [0, 0.05) is 23.8 Å². The quantitative estimate of drug-likeness (QED) is 0.498. The first-order valence-corrected chi connectivity index (χ1v) is 9.43. The molecule has 2 heterocycles. The van der Waals surface area contributed by atoms with Crippen LogP contribution in [-0.2, 0) is 5.75 Å². The Kier molecular flexibility index (Phi) is 4.68. The average molecular weight is 378 g/mol. The van der Waals surface area contributed by atoms with Gasteiger partial charge in [0.25, 0.3) is 0 Å². The zero-order valence-corrected chi connectivity index (χ0v) is 15.8. The molecule has 0 atom stereocenters. The van der Waals surface area contributed by atoms with Crippen LogP contribution in [0.2, 0.25) is 0 Å². The molecular weight excluding hydrogens is 360 g/mol. The van der Waals surface area contributed by atoms with Gasteiger partial charge in [-0.05, 0) is 36.8 Å². The summed E-state index contributed by atoms with van der Waals surface area (Å²) >= 11 is 1.56. The Morgan fingerprint density at radius 2 is 1.74 bits per heavy atom. The summed E-state index contributed by atoms with van der Waals surface area (Å²) in [5, 5.41) is 8.99. The Hall–Kier alpha value is -3.06. The van der Waals surface area contributed by atoms with Gasteiger partial charge in [-0.25, -0.2) is 0 Å². The molecule has 0 aliphatic carbocycles. The molecule has 27 heavy (non-hydrogen) atoms. The van der Waals surface area contributed by atoms with Crippen molar-refractivity contribution in [3.8, 4) is 11.4 Å². The molecule has 7 heteroatoms. The van der Waals surface area contributed by atoms with Gasteiger partial charge < -0.3 is 4.74 Å². The highest BCUT2D eigenvalue weighted by Gasteiger charge is 2.12. The third-order valence-corrected chi connectivity index (χ3v) is 5.29. The fraction of sp³-hybridized carbons (Fsp3) is 0.150. The van der Waals surface area contributed by atoms with Gasteiger partial charge in [-0.15, -0.1) is 10.2 Å². The summed E-state index contributed by atoms with van der Waals surface area (Å²) in [6.45, 7) is 2.07. The predicted octanol–water partition coefficient (Wildman–Crippen LogP) is 3.49. The van der Waals surface area contributed by atoms with Crippen molar-refractivity contribution in [1.29, 1.82) is 0 Å². The van der Waals surface area contributed by atoms with Crippen LogP contribution in [0.3, 0.4) is 0 Å². The molecule has 0 N–H and O–H groups in total. The summed E-state index contributed by atoms with van der Waals surface area (Å²) in [6.07, 6.45) is 3.55. The van der Waals surface area contributed by atoms with Crippen LogP contribution in [0.5, 0.6) is 5.75 Å². The van der Waals surface area contributed by atoms with E-state index in [0.717, 1.165) is 17.2 Å². The first kappa shape index (κ1) is 17.4. The van der Waals surface area contributed by atoms with Crippen LogP contribution in [0, 0.1) is 6.92 Å². The summed E-state index contributed by atoms with van der Waals surface area (Å²) in [5.41, 5.74) is 3.28. The van der Waals surface area contributed by atoms with Gasteiger partial charge in [-0.2, -0.15) is 0 Å². The minimum atomic E-state index is -0.211. The van der Waals surface area contributed by atoms with Crippen molar-refractivity contribution < 1.29 is 4.74 Å². The Labute approximate surface area is 160 Å². The molecule has 2 aromatic heterocycles. The summed E-state index contributed by atoms with van der Waals surface area (Å²) in [7, 11) is 1.61. The van der Waals surface area contributed by atoms with Gasteiger partial charge in [-0.1, -0.05) is 41.6 Å². The minimum absolute atomic E-state index is 0.211. The molecule has 0 radical (unpaired) electrons. The van der Waals surface area contributed by atoms with Gasteiger partial charge in [0.2, 0.25) is 5.65 Å². The number of hydrogen-bond acceptors (Lipinski definition) is 5. The number of hydrogen-bond donors (Lipinski definition) is 0. The Morgan fingerprint density at radius 3 is 2.44 bits per heavy atom. The molecule has 0 saturated carbocycles. The fourth-order valence-electron chi connectivity index (χ4n) is 2.74. The maximum atomic E-state index is 12.8. The monoisotopic (exact) mass is 378 g/mol. The highest BCUT2D eigenvalue weighted by molar-refractivity contribution is 7.98. The zero-order chi connectivity index (χ0) is 18.8. The second-order valence-electron chi connectivity index (χ2n) is 6.12. The summed E-state index contributed by atoms with van der Waals surface area (Å²) < 4.78 is 8.45. The van der Waals surface area contributed by atoms with E-state index in [2.05, 4.69) is 41.4 Å². The van der Waals surface area contributed by atoms with Crippen LogP contribution < -0.4 is 10.3 Å². The first-order chi connectivity index (χ1) is 13.2. The van der Waals surface area contributed by atoms with Crippen LogP contribution in [0.1, 0.15) is 11.1 Å². The van der Waals surface area contributed by atoms with Gasteiger partial charge >= 0.3 is 5.56 Å². The third kappa shape index (κ3) is 3.46. The lowest BCUT2D eigenvalue weighted by molar-refractivity contribution is 0.414. The normalized spacial score (nSPS) is 11.0. The maximum Gasteiger partial charge on any atom is 0.300 e. The van der Waals surface area contributed by atoms with E-state index in [9.17, 15) is 4.79 Å². The van der Waals surface area contributed by atoms with Crippen LogP contribution in [-0.4, -0.2) is 26.3 Å². The van der Waals surface area contributed by atoms with E-state index in [0.29, 0.717) is 10.8 Å². The number of rotatable bonds is 5. The van der Waals surface area contributed by atoms with E-state index in [1.807, 2.05) is 30.5 Å². The molecule has 0 aliphatic rings. The van der Waals surface area contributed by atoms with E-state index in [-0.39, 0.29) is 5.56 Å². The number of aromatic nitrogens is 4. The van der Waals surface area contributed by atoms with Crippen LogP contribution in [0.15, 0.2) is 70.9 Å². The van der Waals surface area contributed by atoms with Crippen LogP contribution in [0.4, 0.5) is 0 Å². The highest BCUT2D eigenvalue weighted by Crippen LogP contribution is 2.21. The van der Waals surface area contributed by atoms with Gasteiger partial charge in [0.05, 0.1) is 7.11 Å². The van der Waals surface area contributed by atoms with E-state index < -0.39 is 0 Å². The van der Waals surface area contributed by atoms with Crippen LogP contribution in [0.25, 0.3) is 11.3 Å². The molecule has 136 valence electrons. The molecule has 0 bridgehead atoms. The lowest BCUT2D eigenvalue weighted by Gasteiger charge is -2.07. The molecule has 0 fully saturated rings. The molecule has 0 unspecified atom stereocenters. The van der Waals surface area contributed by atoms with Crippen molar-refractivity contribution in [2.75, 3.05) is 7.11 Å². The predicted molar refractivity (Wildman–Crippen MR) is 106 cm³/mol. The molecule has 0 amide bonds. The molecule has 6 nitrogen and oxygen atoms in total. The molecule has 4 aromatic rings. The van der Waals surface area contributed by atoms with Crippen molar-refractivity contribution in [2.45, 2.75) is 17.8 Å². The minimum Gasteiger partial charge on any atom is -0.497 e. The third-order valence-electron chi connectivity index (χ3n) is 4.28. The Balaban J connectivity index is 1.62. The second kappa shape index (κ2) is 7.28. The molecule has 0 saturated heterocycles. The topological polar surface area (TPSA) is 61.4 Å². The first-order valence-electron chi connectivity index (χ1n) is 8.45. The van der Waals surface area contributed by atoms with Crippen molar-refractivity contribution in [3.05, 3.63) is 82.4 Å². The van der Waals surface area contributed by atoms with E-state index in [1.165, 1.54) is 11.1 Å². The molecule has 0 aliphatic heterocycles. The van der Waals surface area contributed by atoms with Gasteiger partial charge in [-0.3, -0.25) is 13.8 Å². The SMILES string of the molecule is COc1ccc(-n2ccn3c(SCc4ccc(C)cc4)nnc3c2=O)cc1. The van der Waals surface area contributed by atoms with E-state index >= 15 is 0 Å². The Morgan fingerprint density at radius 1 is 1.00 bits per heavy atom. The summed E-state index contributed by atoms with van der Waals surface area (Å²) in [6, 6.07) is 15.7. The molecular formula is C20H18N4O2S. The van der Waals surface area contributed by atoms with Crippen LogP contribution >= 0.6 is 11.8 Å². The maximum absolute atomic E-state index is 12.8. The number of fused-ring (bicyclic) bond motifs is 1. The van der Waals surface area contributed by atoms with Crippen molar-refractivity contribution in [3.63, 3.8) is 0 Å². The van der Waals surface area contributed by atoms with Crippen molar-refractivity contribution in [2.24, 2.45) is 0 Å². The molecule has 4 rings (SSSR count). The molecule has 0 spiro atoms. The van der Waals surface area contributed by atoms with Crippen molar-refractivity contribution >= 4 is 17.4 Å². The Bertz CT molecular complexity index is 1130.